The van der Waals surface area contributed by atoms with Crippen molar-refractivity contribution in [3.63, 3.8) is 0 Å². The number of imide groups is 1. The van der Waals surface area contributed by atoms with E-state index in [0.29, 0.717) is 52.3 Å². The largest absolute Gasteiger partial charge is 0.491 e. The topological polar surface area (TPSA) is 149 Å². The summed E-state index contributed by atoms with van der Waals surface area (Å²) in [6.07, 6.45) is 3.95. The van der Waals surface area contributed by atoms with Gasteiger partial charge in [0.15, 0.2) is 0 Å². The first-order valence-corrected chi connectivity index (χ1v) is 18.2. The van der Waals surface area contributed by atoms with E-state index < -0.39 is 6.04 Å². The molecule has 3 aliphatic rings. The second kappa shape index (κ2) is 15.6. The zero-order valence-corrected chi connectivity index (χ0v) is 31.4. The summed E-state index contributed by atoms with van der Waals surface area (Å²) in [7, 11) is 0. The molecule has 0 saturated carbocycles. The number of halogens is 1. The average Bonchev–Trinajstić information content (AvgIpc) is 3.41. The number of hydrogen-bond donors (Lipinski definition) is 2. The van der Waals surface area contributed by atoms with Crippen LogP contribution < -0.4 is 24.8 Å². The van der Waals surface area contributed by atoms with Gasteiger partial charge < -0.3 is 24.8 Å². The van der Waals surface area contributed by atoms with E-state index in [2.05, 4.69) is 34.4 Å². The molecule has 1 atom stereocenters. The van der Waals surface area contributed by atoms with Crippen molar-refractivity contribution < 1.29 is 33.4 Å². The molecule has 2 aromatic heterocycles. The van der Waals surface area contributed by atoms with Crippen LogP contribution in [0.3, 0.4) is 0 Å². The fraction of sp³-hybridized carbons (Fsp3) is 0.238. The van der Waals surface area contributed by atoms with Crippen LogP contribution >= 0.6 is 11.6 Å². The first-order chi connectivity index (χ1) is 26.5. The van der Waals surface area contributed by atoms with Gasteiger partial charge in [-0.2, -0.15) is 0 Å². The van der Waals surface area contributed by atoms with E-state index in [1.165, 1.54) is 18.7 Å². The van der Waals surface area contributed by atoms with Gasteiger partial charge in [-0.05, 0) is 78.1 Å². The van der Waals surface area contributed by atoms with Crippen LogP contribution in [-0.4, -0.2) is 51.1 Å². The van der Waals surface area contributed by atoms with E-state index in [1.54, 1.807) is 42.7 Å². The maximum atomic E-state index is 13.0. The van der Waals surface area contributed by atoms with Crippen molar-refractivity contribution >= 4 is 46.9 Å². The smallest absolute Gasteiger partial charge is 0.261 e. The van der Waals surface area contributed by atoms with E-state index in [1.807, 2.05) is 42.5 Å². The van der Waals surface area contributed by atoms with Crippen molar-refractivity contribution in [1.29, 1.82) is 0 Å². The highest BCUT2D eigenvalue weighted by Crippen LogP contribution is 2.42. The average molecular weight is 760 g/mol. The molecule has 0 spiro atoms. The monoisotopic (exact) mass is 759 g/mol. The number of carbonyl (C=O) groups excluding carboxylic acids is 4. The number of anilines is 2. The third kappa shape index (κ3) is 7.72. The fourth-order valence-electron chi connectivity index (χ4n) is 6.93. The Morgan fingerprint density at radius 3 is 1.80 bits per heavy atom. The van der Waals surface area contributed by atoms with Crippen molar-refractivity contribution in [3.05, 3.63) is 112 Å². The zero-order chi connectivity index (χ0) is 38.8. The summed E-state index contributed by atoms with van der Waals surface area (Å²) < 4.78 is 17.8. The molecule has 3 aromatic carbocycles. The Kier molecular flexibility index (Phi) is 10.5. The van der Waals surface area contributed by atoms with Gasteiger partial charge in [0.2, 0.25) is 11.8 Å². The van der Waals surface area contributed by atoms with E-state index in [0.717, 1.165) is 39.1 Å². The number of aromatic nitrogens is 2. The van der Waals surface area contributed by atoms with Crippen molar-refractivity contribution in [2.24, 2.45) is 5.92 Å². The molecular formula is C42H38ClN5O7. The Labute approximate surface area is 322 Å². The molecule has 0 fully saturated rings. The highest BCUT2D eigenvalue weighted by Gasteiger charge is 2.40. The summed E-state index contributed by atoms with van der Waals surface area (Å²) in [4.78, 5) is 58.6. The van der Waals surface area contributed by atoms with Crippen LogP contribution in [0.25, 0.3) is 22.3 Å². The lowest BCUT2D eigenvalue weighted by Gasteiger charge is -2.28. The van der Waals surface area contributed by atoms with Gasteiger partial charge in [-0.25, -0.2) is 9.97 Å². The van der Waals surface area contributed by atoms with Crippen molar-refractivity contribution in [3.8, 4) is 39.5 Å². The third-order valence-electron chi connectivity index (χ3n) is 9.30. The lowest BCUT2D eigenvalue weighted by atomic mass is 9.98. The highest BCUT2D eigenvalue weighted by molar-refractivity contribution is 6.30. The molecule has 13 heteroatoms. The summed E-state index contributed by atoms with van der Waals surface area (Å²) in [5.74, 6) is 2.38. The molecule has 4 amide bonds. The van der Waals surface area contributed by atoms with Crippen LogP contribution in [0, 0.1) is 5.92 Å². The number of hydrogen-bond acceptors (Lipinski definition) is 9. The molecule has 3 aliphatic heterocycles. The van der Waals surface area contributed by atoms with Gasteiger partial charge in [0.05, 0.1) is 17.2 Å². The number of amides is 4. The maximum Gasteiger partial charge on any atom is 0.261 e. The summed E-state index contributed by atoms with van der Waals surface area (Å²) in [5, 5.41) is 6.11. The van der Waals surface area contributed by atoms with Gasteiger partial charge in [-0.1, -0.05) is 37.6 Å². The van der Waals surface area contributed by atoms with Crippen molar-refractivity contribution in [2.75, 3.05) is 17.2 Å². The van der Waals surface area contributed by atoms with Gasteiger partial charge >= 0.3 is 0 Å². The van der Waals surface area contributed by atoms with Gasteiger partial charge in [0.25, 0.3) is 11.8 Å². The molecule has 12 nitrogen and oxygen atoms in total. The predicted molar refractivity (Wildman–Crippen MR) is 207 cm³/mol. The Morgan fingerprint density at radius 2 is 1.27 bits per heavy atom. The normalized spacial score (nSPS) is 13.7. The van der Waals surface area contributed by atoms with Crippen LogP contribution in [0.1, 0.15) is 66.0 Å². The van der Waals surface area contributed by atoms with Crippen LogP contribution in [0.4, 0.5) is 11.6 Å². The number of carbonyl (C=O) groups is 4. The number of rotatable bonds is 8. The quantitative estimate of drug-likeness (QED) is 0.150. The van der Waals surface area contributed by atoms with Crippen LogP contribution in [0.2, 0.25) is 5.02 Å². The minimum Gasteiger partial charge on any atom is -0.491 e. The summed E-state index contributed by atoms with van der Waals surface area (Å²) in [6.45, 7) is 7.82. The van der Waals surface area contributed by atoms with Gasteiger partial charge in [-0.3, -0.25) is 24.1 Å². The zero-order valence-electron chi connectivity index (χ0n) is 30.6. The SMILES string of the molecule is CC(=O)Nc1nccc2c1COc1cc(Cl)ccc1-2.CC(=O)Nc1nccc2c1COc1cc(OC[C@H](CC(C)C)N3C(=O)c4ccccc4C3=O)ccc1-2. The molecule has 5 heterocycles. The van der Waals surface area contributed by atoms with Gasteiger partial charge in [0.1, 0.15) is 48.7 Å². The second-order valence-corrected chi connectivity index (χ2v) is 14.2. The number of ether oxygens (including phenoxy) is 3. The van der Waals surface area contributed by atoms with Gasteiger partial charge in [-0.15, -0.1) is 0 Å². The first-order valence-electron chi connectivity index (χ1n) is 17.8. The summed E-state index contributed by atoms with van der Waals surface area (Å²) in [6, 6.07) is 21.4. The highest BCUT2D eigenvalue weighted by atomic mass is 35.5. The first kappa shape index (κ1) is 37.1. The maximum absolute atomic E-state index is 13.0. The number of benzene rings is 3. The van der Waals surface area contributed by atoms with Crippen LogP contribution in [-0.2, 0) is 22.8 Å². The second-order valence-electron chi connectivity index (χ2n) is 13.7. The molecule has 2 N–H and O–H groups in total. The molecule has 8 rings (SSSR count). The molecule has 280 valence electrons. The minimum atomic E-state index is -0.402. The Bertz CT molecular complexity index is 2310. The van der Waals surface area contributed by atoms with Crippen LogP contribution in [0.15, 0.2) is 85.2 Å². The van der Waals surface area contributed by atoms with Crippen LogP contribution in [0.5, 0.6) is 17.2 Å². The molecule has 5 aromatic rings. The number of fused-ring (bicyclic) bond motifs is 7. The van der Waals surface area contributed by atoms with E-state index in [4.69, 9.17) is 25.8 Å². The molecular weight excluding hydrogens is 722 g/mol. The summed E-state index contributed by atoms with van der Waals surface area (Å²) >= 11 is 5.95. The van der Waals surface area contributed by atoms with Crippen molar-refractivity contribution in [2.45, 2.75) is 53.4 Å². The lowest BCUT2D eigenvalue weighted by Crippen LogP contribution is -2.44. The molecule has 0 saturated heterocycles. The third-order valence-corrected chi connectivity index (χ3v) is 9.53. The number of pyridine rings is 2. The Balaban J connectivity index is 0.000000205. The lowest BCUT2D eigenvalue weighted by molar-refractivity contribution is -0.115. The predicted octanol–water partition coefficient (Wildman–Crippen LogP) is 7.94. The van der Waals surface area contributed by atoms with Crippen molar-refractivity contribution in [1.82, 2.24) is 14.9 Å². The Morgan fingerprint density at radius 1 is 0.745 bits per heavy atom. The van der Waals surface area contributed by atoms with E-state index >= 15 is 0 Å². The molecule has 0 bridgehead atoms. The van der Waals surface area contributed by atoms with E-state index in [9.17, 15) is 19.2 Å². The minimum absolute atomic E-state index is 0.150. The molecule has 0 aliphatic carbocycles. The Hall–Kier alpha value is -6.27. The molecule has 55 heavy (non-hydrogen) atoms. The number of nitrogens with zero attached hydrogens (tertiary/aromatic N) is 3. The number of nitrogens with one attached hydrogen (secondary N) is 2. The van der Waals surface area contributed by atoms with Gasteiger partial charge in [0, 0.05) is 59.6 Å². The summed E-state index contributed by atoms with van der Waals surface area (Å²) in [5.41, 5.74) is 6.35. The fourth-order valence-corrected chi connectivity index (χ4v) is 7.09. The molecule has 0 radical (unpaired) electrons. The standard InChI is InChI=1S/C28H27N3O5.C14H11ClN2O2/c1-16(2)12-18(31-27(33)22-6-4-5-7-23(22)28(31)34)14-35-19-8-9-21-20-10-11-29-26(30-17(3)32)24(20)15-36-25(21)13-19;1-8(18)17-14-12-7-19-13-6-9(15)2-3-11(13)10(12)4-5-16-14/h4-11,13,16,18H,12,14-15H2,1-3H3,(H,29,30,32);2-6H,7H2,1H3,(H,16,17,18)/t18-;/m0./s1. The molecule has 0 unspecified atom stereocenters. The van der Waals surface area contributed by atoms with E-state index in [-0.39, 0.29) is 42.8 Å².